The normalized spacial score (nSPS) is 10.3. The summed E-state index contributed by atoms with van der Waals surface area (Å²) in [6, 6.07) is 5.18. The van der Waals surface area contributed by atoms with Crippen LogP contribution in [0.2, 0.25) is 0 Å². The standard InChI is InChI=1S/C11H12N4OS2/c1-6-14-15-11(17-6)18-9-5-7(10(16)13-2)3-4-8(9)12/h3-5H,12H2,1-2H3,(H,13,16). The number of aryl methyl sites for hydroxylation is 1. The first-order chi connectivity index (χ1) is 8.60. The molecule has 2 rings (SSSR count). The molecule has 0 aliphatic rings. The van der Waals surface area contributed by atoms with Crippen LogP contribution >= 0.6 is 23.1 Å². The topological polar surface area (TPSA) is 80.9 Å². The number of amides is 1. The number of aromatic nitrogens is 2. The molecule has 0 bridgehead atoms. The summed E-state index contributed by atoms with van der Waals surface area (Å²) in [5, 5.41) is 11.4. The fourth-order valence-electron chi connectivity index (χ4n) is 1.32. The van der Waals surface area contributed by atoms with Gasteiger partial charge in [0, 0.05) is 23.2 Å². The number of hydrogen-bond acceptors (Lipinski definition) is 6. The molecule has 1 aromatic carbocycles. The lowest BCUT2D eigenvalue weighted by Crippen LogP contribution is -2.17. The van der Waals surface area contributed by atoms with Gasteiger partial charge >= 0.3 is 0 Å². The number of carbonyl (C=O) groups excluding carboxylic acids is 1. The van der Waals surface area contributed by atoms with Crippen molar-refractivity contribution in [2.24, 2.45) is 0 Å². The molecule has 0 saturated carbocycles. The molecule has 0 aliphatic heterocycles. The molecule has 7 heteroatoms. The number of rotatable bonds is 3. The molecule has 1 aromatic heterocycles. The van der Waals surface area contributed by atoms with Crippen molar-refractivity contribution in [2.45, 2.75) is 16.2 Å². The summed E-state index contributed by atoms with van der Waals surface area (Å²) in [4.78, 5) is 12.4. The monoisotopic (exact) mass is 280 g/mol. The van der Waals surface area contributed by atoms with Gasteiger partial charge in [-0.3, -0.25) is 4.79 Å². The van der Waals surface area contributed by atoms with Crippen molar-refractivity contribution >= 4 is 34.7 Å². The molecular weight excluding hydrogens is 268 g/mol. The third-order valence-electron chi connectivity index (χ3n) is 2.21. The van der Waals surface area contributed by atoms with Crippen molar-refractivity contribution in [3.8, 4) is 0 Å². The number of carbonyl (C=O) groups is 1. The second-order valence-corrected chi connectivity index (χ2v) is 5.99. The number of nitrogen functional groups attached to an aromatic ring is 1. The zero-order valence-electron chi connectivity index (χ0n) is 9.93. The molecule has 0 saturated heterocycles. The summed E-state index contributed by atoms with van der Waals surface area (Å²) >= 11 is 2.91. The summed E-state index contributed by atoms with van der Waals surface area (Å²) in [6.07, 6.45) is 0. The lowest BCUT2D eigenvalue weighted by Gasteiger charge is -2.05. The second kappa shape index (κ2) is 5.36. The highest BCUT2D eigenvalue weighted by molar-refractivity contribution is 8.01. The van der Waals surface area contributed by atoms with E-state index in [-0.39, 0.29) is 5.91 Å². The minimum absolute atomic E-state index is 0.134. The average Bonchev–Trinajstić information content (AvgIpc) is 2.76. The Bertz CT molecular complexity index is 582. The summed E-state index contributed by atoms with van der Waals surface area (Å²) in [7, 11) is 1.60. The van der Waals surface area contributed by atoms with E-state index in [9.17, 15) is 4.79 Å². The van der Waals surface area contributed by atoms with Crippen molar-refractivity contribution in [3.63, 3.8) is 0 Å². The van der Waals surface area contributed by atoms with Crippen LogP contribution in [0.1, 0.15) is 15.4 Å². The number of nitrogens with one attached hydrogen (secondary N) is 1. The molecule has 0 atom stereocenters. The van der Waals surface area contributed by atoms with E-state index in [1.165, 1.54) is 23.1 Å². The largest absolute Gasteiger partial charge is 0.398 e. The summed E-state index contributed by atoms with van der Waals surface area (Å²) in [5.74, 6) is -0.134. The number of anilines is 1. The van der Waals surface area contributed by atoms with E-state index >= 15 is 0 Å². The number of benzene rings is 1. The molecule has 2 aromatic rings. The van der Waals surface area contributed by atoms with E-state index in [0.717, 1.165) is 14.2 Å². The summed E-state index contributed by atoms with van der Waals surface area (Å²) in [6.45, 7) is 1.89. The molecule has 0 unspecified atom stereocenters. The molecular formula is C11H12N4OS2. The van der Waals surface area contributed by atoms with Crippen LogP contribution in [-0.2, 0) is 0 Å². The van der Waals surface area contributed by atoms with E-state index in [4.69, 9.17) is 5.73 Å². The van der Waals surface area contributed by atoms with E-state index in [2.05, 4.69) is 15.5 Å². The van der Waals surface area contributed by atoms with Crippen LogP contribution in [0.5, 0.6) is 0 Å². The lowest BCUT2D eigenvalue weighted by molar-refractivity contribution is 0.0963. The predicted octanol–water partition coefficient (Wildman–Crippen LogP) is 1.94. The van der Waals surface area contributed by atoms with Gasteiger partial charge in [0.1, 0.15) is 5.01 Å². The Morgan fingerprint density at radius 3 is 2.83 bits per heavy atom. The van der Waals surface area contributed by atoms with E-state index < -0.39 is 0 Å². The number of nitrogens with two attached hydrogens (primary N) is 1. The smallest absolute Gasteiger partial charge is 0.251 e. The van der Waals surface area contributed by atoms with Crippen LogP contribution in [0.4, 0.5) is 5.69 Å². The maximum absolute atomic E-state index is 11.5. The van der Waals surface area contributed by atoms with Crippen molar-refractivity contribution in [3.05, 3.63) is 28.8 Å². The first kappa shape index (κ1) is 12.8. The van der Waals surface area contributed by atoms with Gasteiger partial charge in [-0.25, -0.2) is 0 Å². The number of hydrogen-bond donors (Lipinski definition) is 2. The molecule has 0 fully saturated rings. The van der Waals surface area contributed by atoms with Gasteiger partial charge in [-0.15, -0.1) is 10.2 Å². The van der Waals surface area contributed by atoms with Gasteiger partial charge in [-0.1, -0.05) is 23.1 Å². The van der Waals surface area contributed by atoms with Crippen LogP contribution < -0.4 is 11.1 Å². The van der Waals surface area contributed by atoms with Crippen molar-refractivity contribution in [2.75, 3.05) is 12.8 Å². The molecule has 5 nitrogen and oxygen atoms in total. The van der Waals surface area contributed by atoms with Crippen molar-refractivity contribution in [1.29, 1.82) is 0 Å². The molecule has 18 heavy (non-hydrogen) atoms. The molecule has 1 heterocycles. The van der Waals surface area contributed by atoms with E-state index in [1.807, 2.05) is 6.92 Å². The number of nitrogens with zero attached hydrogens (tertiary/aromatic N) is 2. The molecule has 0 spiro atoms. The van der Waals surface area contributed by atoms with Gasteiger partial charge in [-0.2, -0.15) is 0 Å². The minimum atomic E-state index is -0.134. The van der Waals surface area contributed by atoms with E-state index in [1.54, 1.807) is 25.2 Å². The molecule has 0 aliphatic carbocycles. The Labute approximate surface area is 113 Å². The van der Waals surface area contributed by atoms with Crippen molar-refractivity contribution in [1.82, 2.24) is 15.5 Å². The van der Waals surface area contributed by atoms with Gasteiger partial charge in [-0.05, 0) is 25.1 Å². The summed E-state index contributed by atoms with van der Waals surface area (Å²) in [5.41, 5.74) is 7.09. The average molecular weight is 280 g/mol. The highest BCUT2D eigenvalue weighted by Gasteiger charge is 2.10. The zero-order valence-corrected chi connectivity index (χ0v) is 11.6. The van der Waals surface area contributed by atoms with Gasteiger partial charge in [0.15, 0.2) is 4.34 Å². The molecule has 1 amide bonds. The summed E-state index contributed by atoms with van der Waals surface area (Å²) < 4.78 is 0.813. The maximum Gasteiger partial charge on any atom is 0.251 e. The van der Waals surface area contributed by atoms with Crippen LogP contribution in [0.3, 0.4) is 0 Å². The van der Waals surface area contributed by atoms with Crippen LogP contribution in [0.25, 0.3) is 0 Å². The fourth-order valence-corrected chi connectivity index (χ4v) is 3.18. The van der Waals surface area contributed by atoms with E-state index in [0.29, 0.717) is 11.3 Å². The van der Waals surface area contributed by atoms with Gasteiger partial charge in [0.05, 0.1) is 0 Å². The predicted molar refractivity (Wildman–Crippen MR) is 73.0 cm³/mol. The SMILES string of the molecule is CNC(=O)c1ccc(N)c(Sc2nnc(C)s2)c1. The molecule has 3 N–H and O–H groups in total. The van der Waals surface area contributed by atoms with Gasteiger partial charge < -0.3 is 11.1 Å². The molecule has 94 valence electrons. The fraction of sp³-hybridized carbons (Fsp3) is 0.182. The zero-order chi connectivity index (χ0) is 13.1. The first-order valence-corrected chi connectivity index (χ1v) is 6.83. The maximum atomic E-state index is 11.5. The Kier molecular flexibility index (Phi) is 3.83. The third-order valence-corrected chi connectivity index (χ3v) is 4.17. The Hall–Kier alpha value is -1.60. The Morgan fingerprint density at radius 2 is 2.22 bits per heavy atom. The van der Waals surface area contributed by atoms with Crippen LogP contribution in [-0.4, -0.2) is 23.2 Å². The van der Waals surface area contributed by atoms with Gasteiger partial charge in [0.25, 0.3) is 5.91 Å². The lowest BCUT2D eigenvalue weighted by atomic mass is 10.2. The minimum Gasteiger partial charge on any atom is -0.398 e. The third kappa shape index (κ3) is 2.80. The molecule has 0 radical (unpaired) electrons. The van der Waals surface area contributed by atoms with Gasteiger partial charge in [0.2, 0.25) is 0 Å². The quantitative estimate of drug-likeness (QED) is 0.840. The second-order valence-electron chi connectivity index (χ2n) is 3.52. The Morgan fingerprint density at radius 1 is 1.44 bits per heavy atom. The highest BCUT2D eigenvalue weighted by Crippen LogP contribution is 2.34. The van der Waals surface area contributed by atoms with Crippen molar-refractivity contribution < 1.29 is 4.79 Å². The van der Waals surface area contributed by atoms with Crippen LogP contribution in [0.15, 0.2) is 27.4 Å². The highest BCUT2D eigenvalue weighted by atomic mass is 32.2. The first-order valence-electron chi connectivity index (χ1n) is 5.19. The van der Waals surface area contributed by atoms with Crippen LogP contribution in [0, 0.1) is 6.92 Å². The Balaban J connectivity index is 2.29.